The molecule has 0 radical (unpaired) electrons. The second kappa shape index (κ2) is 4.84. The van der Waals surface area contributed by atoms with E-state index in [1.165, 1.54) is 19.0 Å². The van der Waals surface area contributed by atoms with Crippen molar-refractivity contribution in [3.63, 3.8) is 0 Å². The van der Waals surface area contributed by atoms with Crippen LogP contribution in [0.2, 0.25) is 0 Å². The van der Waals surface area contributed by atoms with Gasteiger partial charge in [0.2, 0.25) is 0 Å². The highest BCUT2D eigenvalue weighted by atomic mass is 16.1. The Morgan fingerprint density at radius 1 is 1.56 bits per heavy atom. The van der Waals surface area contributed by atoms with Crippen LogP contribution in [-0.4, -0.2) is 23.5 Å². The van der Waals surface area contributed by atoms with Crippen molar-refractivity contribution < 1.29 is 4.79 Å². The lowest BCUT2D eigenvalue weighted by molar-refractivity contribution is 0.100. The molecule has 1 heterocycles. The van der Waals surface area contributed by atoms with E-state index in [0.717, 1.165) is 18.3 Å². The zero-order valence-corrected chi connectivity index (χ0v) is 10.9. The van der Waals surface area contributed by atoms with E-state index in [0.29, 0.717) is 17.3 Å². The maximum atomic E-state index is 11.3. The number of aromatic nitrogens is 1. The lowest BCUT2D eigenvalue weighted by Crippen LogP contribution is -2.33. The Balaban J connectivity index is 2.28. The molecule has 5 heteroatoms. The SMILES string of the molecule is CC(C)N(CC1CC1)c1cc(C(N)=O)c(N)cn1. The van der Waals surface area contributed by atoms with Gasteiger partial charge in [-0.1, -0.05) is 0 Å². The third-order valence-electron chi connectivity index (χ3n) is 3.26. The van der Waals surface area contributed by atoms with Crippen molar-refractivity contribution in [3.8, 4) is 0 Å². The van der Waals surface area contributed by atoms with E-state index in [1.807, 2.05) is 0 Å². The summed E-state index contributed by atoms with van der Waals surface area (Å²) in [6.45, 7) is 5.21. The lowest BCUT2D eigenvalue weighted by atomic mass is 10.2. The molecule has 0 aliphatic heterocycles. The molecule has 5 nitrogen and oxygen atoms in total. The van der Waals surface area contributed by atoms with Gasteiger partial charge in [-0.25, -0.2) is 4.98 Å². The minimum absolute atomic E-state index is 0.335. The number of anilines is 2. The zero-order valence-electron chi connectivity index (χ0n) is 10.9. The fourth-order valence-electron chi connectivity index (χ4n) is 1.97. The Hall–Kier alpha value is -1.78. The molecule has 0 unspecified atom stereocenters. The van der Waals surface area contributed by atoms with Gasteiger partial charge in [-0.05, 0) is 38.7 Å². The van der Waals surface area contributed by atoms with E-state index in [9.17, 15) is 4.79 Å². The molecule has 1 aromatic rings. The summed E-state index contributed by atoms with van der Waals surface area (Å²) in [5.41, 5.74) is 11.7. The molecule has 1 aliphatic carbocycles. The summed E-state index contributed by atoms with van der Waals surface area (Å²) >= 11 is 0. The van der Waals surface area contributed by atoms with Gasteiger partial charge < -0.3 is 16.4 Å². The van der Waals surface area contributed by atoms with Gasteiger partial charge in [0.05, 0.1) is 17.4 Å². The van der Waals surface area contributed by atoms with Crippen LogP contribution in [0.3, 0.4) is 0 Å². The van der Waals surface area contributed by atoms with Crippen molar-refractivity contribution >= 4 is 17.4 Å². The predicted molar refractivity (Wildman–Crippen MR) is 72.4 cm³/mol. The second-order valence-corrected chi connectivity index (χ2v) is 5.18. The van der Waals surface area contributed by atoms with Crippen LogP contribution in [0.4, 0.5) is 11.5 Å². The molecule has 0 bridgehead atoms. The molecule has 0 aromatic carbocycles. The molecule has 18 heavy (non-hydrogen) atoms. The first kappa shape index (κ1) is 12.7. The summed E-state index contributed by atoms with van der Waals surface area (Å²) in [4.78, 5) is 17.8. The monoisotopic (exact) mass is 248 g/mol. The average molecular weight is 248 g/mol. The maximum Gasteiger partial charge on any atom is 0.250 e. The summed E-state index contributed by atoms with van der Waals surface area (Å²) in [6, 6.07) is 2.03. The number of nitrogens with two attached hydrogens (primary N) is 2. The molecule has 1 aromatic heterocycles. The van der Waals surface area contributed by atoms with Crippen LogP contribution in [0.25, 0.3) is 0 Å². The average Bonchev–Trinajstić information content (AvgIpc) is 3.10. The van der Waals surface area contributed by atoms with Crippen LogP contribution in [0, 0.1) is 5.92 Å². The van der Waals surface area contributed by atoms with Gasteiger partial charge in [0.15, 0.2) is 0 Å². The Bertz CT molecular complexity index is 454. The Labute approximate surface area is 107 Å². The van der Waals surface area contributed by atoms with E-state index >= 15 is 0 Å². The summed E-state index contributed by atoms with van der Waals surface area (Å²) in [5.74, 6) is 1.02. The molecule has 0 atom stereocenters. The summed E-state index contributed by atoms with van der Waals surface area (Å²) in [6.07, 6.45) is 4.07. The van der Waals surface area contributed by atoms with Gasteiger partial charge in [-0.3, -0.25) is 4.79 Å². The number of nitrogen functional groups attached to an aromatic ring is 1. The fraction of sp³-hybridized carbons (Fsp3) is 0.538. The van der Waals surface area contributed by atoms with Crippen LogP contribution in [0.15, 0.2) is 12.3 Å². The lowest BCUT2D eigenvalue weighted by Gasteiger charge is -2.28. The first-order chi connectivity index (χ1) is 8.49. The van der Waals surface area contributed by atoms with Crippen LogP contribution in [-0.2, 0) is 0 Å². The van der Waals surface area contributed by atoms with Crippen molar-refractivity contribution in [1.82, 2.24) is 4.98 Å². The predicted octanol–water partition coefficient (Wildman–Crippen LogP) is 1.39. The number of carbonyl (C=O) groups is 1. The van der Waals surface area contributed by atoms with Gasteiger partial charge in [0.25, 0.3) is 5.91 Å². The molecule has 0 spiro atoms. The number of amides is 1. The summed E-state index contributed by atoms with van der Waals surface area (Å²) in [7, 11) is 0. The first-order valence-electron chi connectivity index (χ1n) is 6.31. The number of hydrogen-bond donors (Lipinski definition) is 2. The minimum Gasteiger partial charge on any atom is -0.397 e. The molecule has 1 aliphatic rings. The largest absolute Gasteiger partial charge is 0.397 e. The number of nitrogens with zero attached hydrogens (tertiary/aromatic N) is 2. The smallest absolute Gasteiger partial charge is 0.250 e. The highest BCUT2D eigenvalue weighted by Crippen LogP contribution is 2.32. The zero-order chi connectivity index (χ0) is 13.3. The third kappa shape index (κ3) is 2.72. The van der Waals surface area contributed by atoms with Gasteiger partial charge in [0.1, 0.15) is 5.82 Å². The highest BCUT2D eigenvalue weighted by Gasteiger charge is 2.26. The van der Waals surface area contributed by atoms with E-state index in [-0.39, 0.29) is 0 Å². The van der Waals surface area contributed by atoms with Crippen LogP contribution >= 0.6 is 0 Å². The number of primary amides is 1. The van der Waals surface area contributed by atoms with E-state index in [2.05, 4.69) is 23.7 Å². The topological polar surface area (TPSA) is 85.2 Å². The fourth-order valence-corrected chi connectivity index (χ4v) is 1.97. The van der Waals surface area contributed by atoms with Crippen molar-refractivity contribution in [2.45, 2.75) is 32.7 Å². The van der Waals surface area contributed by atoms with Gasteiger partial charge >= 0.3 is 0 Å². The van der Waals surface area contributed by atoms with Gasteiger partial charge in [-0.2, -0.15) is 0 Å². The highest BCUT2D eigenvalue weighted by molar-refractivity contribution is 5.98. The molecular formula is C13H20N4O. The molecule has 1 saturated carbocycles. The molecule has 4 N–H and O–H groups in total. The van der Waals surface area contributed by atoms with Crippen molar-refractivity contribution in [2.24, 2.45) is 11.7 Å². The summed E-state index contributed by atoms with van der Waals surface area (Å²) < 4.78 is 0. The molecule has 98 valence electrons. The summed E-state index contributed by atoms with van der Waals surface area (Å²) in [5, 5.41) is 0. The van der Waals surface area contributed by atoms with Crippen molar-refractivity contribution in [2.75, 3.05) is 17.2 Å². The van der Waals surface area contributed by atoms with Gasteiger partial charge in [-0.15, -0.1) is 0 Å². The van der Waals surface area contributed by atoms with E-state index < -0.39 is 5.91 Å². The number of hydrogen-bond acceptors (Lipinski definition) is 4. The van der Waals surface area contributed by atoms with Gasteiger partial charge in [0, 0.05) is 12.6 Å². The number of rotatable bonds is 5. The Morgan fingerprint density at radius 3 is 2.72 bits per heavy atom. The van der Waals surface area contributed by atoms with Crippen LogP contribution in [0.5, 0.6) is 0 Å². The Kier molecular flexibility index (Phi) is 3.41. The molecule has 1 amide bonds. The van der Waals surface area contributed by atoms with E-state index in [4.69, 9.17) is 11.5 Å². The first-order valence-corrected chi connectivity index (χ1v) is 6.31. The standard InChI is InChI=1S/C13H20N4O/c1-8(2)17(7-9-3-4-9)12-5-10(13(15)18)11(14)6-16-12/h5-6,8-9H,3-4,7,14H2,1-2H3,(H2,15,18). The molecular weight excluding hydrogens is 228 g/mol. The van der Waals surface area contributed by atoms with Crippen LogP contribution < -0.4 is 16.4 Å². The number of pyridine rings is 1. The van der Waals surface area contributed by atoms with Crippen molar-refractivity contribution in [3.05, 3.63) is 17.8 Å². The Morgan fingerprint density at radius 2 is 2.22 bits per heavy atom. The minimum atomic E-state index is -0.508. The van der Waals surface area contributed by atoms with E-state index in [1.54, 1.807) is 6.07 Å². The third-order valence-corrected chi connectivity index (χ3v) is 3.26. The molecule has 1 fully saturated rings. The quantitative estimate of drug-likeness (QED) is 0.824. The normalized spacial score (nSPS) is 14.8. The maximum absolute atomic E-state index is 11.3. The molecule has 0 saturated heterocycles. The number of carbonyl (C=O) groups excluding carboxylic acids is 1. The van der Waals surface area contributed by atoms with Crippen LogP contribution in [0.1, 0.15) is 37.0 Å². The second-order valence-electron chi connectivity index (χ2n) is 5.18. The van der Waals surface area contributed by atoms with Crippen molar-refractivity contribution in [1.29, 1.82) is 0 Å². The molecule has 2 rings (SSSR count).